The number of aliphatic hydroxyl groups is 1. The van der Waals surface area contributed by atoms with Crippen molar-refractivity contribution in [3.63, 3.8) is 0 Å². The standard InChI is InChI=1S/C25H24FN3O4/c1-2-33-18-8-5-7-17(15-18)23(30)21-22(19-9-3-4-10-20(19)26)29(25(32)24(21)31)13-6-12-28-14-11-27-16-28/h3-5,7-11,14-16,22,30H,2,6,12-13H2,1H3/b23-21+. The van der Waals surface area contributed by atoms with E-state index in [0.717, 1.165) is 0 Å². The van der Waals surface area contributed by atoms with Crippen molar-refractivity contribution in [2.24, 2.45) is 0 Å². The molecule has 1 atom stereocenters. The Kier molecular flexibility index (Phi) is 6.53. The van der Waals surface area contributed by atoms with Crippen LogP contribution < -0.4 is 4.74 Å². The first-order chi connectivity index (χ1) is 16.0. The third-order valence-corrected chi connectivity index (χ3v) is 5.53. The number of aromatic nitrogens is 2. The number of aryl methyl sites for hydroxylation is 1. The van der Waals surface area contributed by atoms with Gasteiger partial charge in [-0.15, -0.1) is 0 Å². The number of imidazole rings is 1. The smallest absolute Gasteiger partial charge is 0.295 e. The molecule has 8 heteroatoms. The van der Waals surface area contributed by atoms with Crippen molar-refractivity contribution in [3.05, 3.63) is 89.8 Å². The number of Topliss-reactive ketones (excluding diaryl/α,β-unsaturated/α-hetero) is 1. The van der Waals surface area contributed by atoms with Crippen LogP contribution in [0.15, 0.2) is 72.8 Å². The van der Waals surface area contributed by atoms with Gasteiger partial charge in [-0.25, -0.2) is 9.37 Å². The number of ketones is 1. The van der Waals surface area contributed by atoms with E-state index >= 15 is 0 Å². The fraction of sp³-hybridized carbons (Fsp3) is 0.240. The molecule has 1 fully saturated rings. The number of carbonyl (C=O) groups excluding carboxylic acids is 2. The van der Waals surface area contributed by atoms with Gasteiger partial charge in [0.25, 0.3) is 11.7 Å². The molecule has 1 unspecified atom stereocenters. The average Bonchev–Trinajstić information content (AvgIpc) is 3.42. The van der Waals surface area contributed by atoms with Gasteiger partial charge in [0.15, 0.2) is 0 Å². The molecular formula is C25H24FN3O4. The summed E-state index contributed by atoms with van der Waals surface area (Å²) in [6, 6.07) is 11.5. The molecule has 1 aliphatic heterocycles. The molecule has 170 valence electrons. The number of ether oxygens (including phenoxy) is 1. The largest absolute Gasteiger partial charge is 0.507 e. The highest BCUT2D eigenvalue weighted by Gasteiger charge is 2.46. The third kappa shape index (κ3) is 4.50. The van der Waals surface area contributed by atoms with Crippen LogP contribution >= 0.6 is 0 Å². The van der Waals surface area contributed by atoms with E-state index in [-0.39, 0.29) is 23.4 Å². The fourth-order valence-electron chi connectivity index (χ4n) is 4.03. The molecule has 7 nitrogen and oxygen atoms in total. The maximum absolute atomic E-state index is 14.8. The summed E-state index contributed by atoms with van der Waals surface area (Å²) in [6.45, 7) is 3.04. The average molecular weight is 449 g/mol. The number of likely N-dealkylation sites (tertiary alicyclic amines) is 1. The zero-order chi connectivity index (χ0) is 23.4. The quantitative estimate of drug-likeness (QED) is 0.320. The van der Waals surface area contributed by atoms with Gasteiger partial charge in [-0.2, -0.15) is 0 Å². The molecule has 0 bridgehead atoms. The number of hydrogen-bond donors (Lipinski definition) is 1. The molecule has 0 spiro atoms. The number of benzene rings is 2. The van der Waals surface area contributed by atoms with E-state index in [1.165, 1.54) is 23.1 Å². The first-order valence-electron chi connectivity index (χ1n) is 10.7. The second kappa shape index (κ2) is 9.68. The molecular weight excluding hydrogens is 425 g/mol. The molecule has 0 radical (unpaired) electrons. The minimum absolute atomic E-state index is 0.138. The molecule has 1 N–H and O–H groups in total. The normalized spacial score (nSPS) is 17.5. The molecule has 2 aromatic carbocycles. The molecule has 1 saturated heterocycles. The van der Waals surface area contributed by atoms with Crippen molar-refractivity contribution in [3.8, 4) is 5.75 Å². The molecule has 1 amide bonds. The molecule has 2 heterocycles. The number of carbonyl (C=O) groups is 2. The molecule has 0 aliphatic carbocycles. The number of amides is 1. The Balaban J connectivity index is 1.75. The minimum Gasteiger partial charge on any atom is -0.507 e. The van der Waals surface area contributed by atoms with Crippen molar-refractivity contribution < 1.29 is 23.8 Å². The van der Waals surface area contributed by atoms with Gasteiger partial charge in [-0.05, 0) is 31.5 Å². The van der Waals surface area contributed by atoms with Crippen LogP contribution in [0.25, 0.3) is 5.76 Å². The van der Waals surface area contributed by atoms with E-state index in [2.05, 4.69) is 4.98 Å². The number of rotatable bonds is 8. The molecule has 33 heavy (non-hydrogen) atoms. The minimum atomic E-state index is -1.04. The lowest BCUT2D eigenvalue weighted by Crippen LogP contribution is -2.31. The molecule has 0 saturated carbocycles. The van der Waals surface area contributed by atoms with Crippen LogP contribution in [0.1, 0.15) is 30.5 Å². The van der Waals surface area contributed by atoms with E-state index in [9.17, 15) is 19.1 Å². The Morgan fingerprint density at radius 1 is 1.15 bits per heavy atom. The van der Waals surface area contributed by atoms with Crippen LogP contribution in [0.5, 0.6) is 5.75 Å². The summed E-state index contributed by atoms with van der Waals surface area (Å²) < 4.78 is 22.2. The Labute approximate surface area is 190 Å². The summed E-state index contributed by atoms with van der Waals surface area (Å²) in [5.74, 6) is -2.02. The SMILES string of the molecule is CCOc1cccc(/C(O)=C2\C(=O)C(=O)N(CCCn3ccnc3)C2c2ccccc2F)c1. The molecule has 4 rings (SSSR count). The van der Waals surface area contributed by atoms with E-state index in [1.54, 1.807) is 49.1 Å². The Morgan fingerprint density at radius 2 is 1.97 bits per heavy atom. The Bertz CT molecular complexity index is 1190. The van der Waals surface area contributed by atoms with Gasteiger partial charge in [0.1, 0.15) is 17.3 Å². The van der Waals surface area contributed by atoms with Gasteiger partial charge in [0.05, 0.1) is 24.5 Å². The predicted molar refractivity (Wildman–Crippen MR) is 120 cm³/mol. The van der Waals surface area contributed by atoms with Gasteiger partial charge in [-0.3, -0.25) is 9.59 Å². The zero-order valence-electron chi connectivity index (χ0n) is 18.1. The fourth-order valence-corrected chi connectivity index (χ4v) is 4.03. The highest BCUT2D eigenvalue weighted by molar-refractivity contribution is 6.46. The summed E-state index contributed by atoms with van der Waals surface area (Å²) in [7, 11) is 0. The van der Waals surface area contributed by atoms with Crippen molar-refractivity contribution in [2.75, 3.05) is 13.2 Å². The zero-order valence-corrected chi connectivity index (χ0v) is 18.1. The van der Waals surface area contributed by atoms with Gasteiger partial charge in [0.2, 0.25) is 0 Å². The molecule has 1 aliphatic rings. The third-order valence-electron chi connectivity index (χ3n) is 5.53. The van der Waals surface area contributed by atoms with Crippen molar-refractivity contribution in [1.29, 1.82) is 0 Å². The highest BCUT2D eigenvalue weighted by Crippen LogP contribution is 2.40. The Morgan fingerprint density at radius 3 is 2.70 bits per heavy atom. The van der Waals surface area contributed by atoms with Crippen LogP contribution in [0.4, 0.5) is 4.39 Å². The van der Waals surface area contributed by atoms with Crippen molar-refractivity contribution in [1.82, 2.24) is 14.5 Å². The lowest BCUT2D eigenvalue weighted by atomic mass is 9.95. The summed E-state index contributed by atoms with van der Waals surface area (Å²) in [5, 5.41) is 11.1. The van der Waals surface area contributed by atoms with Gasteiger partial charge in [-0.1, -0.05) is 30.3 Å². The number of nitrogens with zero attached hydrogens (tertiary/aromatic N) is 3. The van der Waals surface area contributed by atoms with Crippen LogP contribution in [0, 0.1) is 5.82 Å². The van der Waals surface area contributed by atoms with Gasteiger partial charge >= 0.3 is 0 Å². The summed E-state index contributed by atoms with van der Waals surface area (Å²) in [6.07, 6.45) is 5.64. The van der Waals surface area contributed by atoms with E-state index in [4.69, 9.17) is 4.74 Å². The lowest BCUT2D eigenvalue weighted by molar-refractivity contribution is -0.140. The number of halogens is 1. The maximum Gasteiger partial charge on any atom is 0.295 e. The number of aliphatic hydroxyl groups excluding tert-OH is 1. The second-order valence-electron chi connectivity index (χ2n) is 7.63. The molecule has 1 aromatic heterocycles. The maximum atomic E-state index is 14.8. The second-order valence-corrected chi connectivity index (χ2v) is 7.63. The van der Waals surface area contributed by atoms with Crippen LogP contribution in [-0.4, -0.2) is 44.4 Å². The van der Waals surface area contributed by atoms with Crippen LogP contribution in [0.2, 0.25) is 0 Å². The van der Waals surface area contributed by atoms with Crippen molar-refractivity contribution in [2.45, 2.75) is 25.9 Å². The van der Waals surface area contributed by atoms with E-state index in [0.29, 0.717) is 30.9 Å². The van der Waals surface area contributed by atoms with E-state index < -0.39 is 23.5 Å². The Hall–Kier alpha value is -3.94. The lowest BCUT2D eigenvalue weighted by Gasteiger charge is -2.25. The summed E-state index contributed by atoms with van der Waals surface area (Å²) in [5.41, 5.74) is 0.335. The van der Waals surface area contributed by atoms with E-state index in [1.807, 2.05) is 11.5 Å². The van der Waals surface area contributed by atoms with Crippen LogP contribution in [-0.2, 0) is 16.1 Å². The monoisotopic (exact) mass is 449 g/mol. The van der Waals surface area contributed by atoms with Gasteiger partial charge in [0, 0.05) is 36.6 Å². The summed E-state index contributed by atoms with van der Waals surface area (Å²) in [4.78, 5) is 31.3. The first kappa shape index (κ1) is 22.3. The first-order valence-corrected chi connectivity index (χ1v) is 10.7. The molecule has 3 aromatic rings. The highest BCUT2D eigenvalue weighted by atomic mass is 19.1. The van der Waals surface area contributed by atoms with Gasteiger partial charge < -0.3 is 19.3 Å². The van der Waals surface area contributed by atoms with Crippen LogP contribution in [0.3, 0.4) is 0 Å². The topological polar surface area (TPSA) is 84.7 Å². The van der Waals surface area contributed by atoms with Crippen molar-refractivity contribution >= 4 is 17.4 Å². The predicted octanol–water partition coefficient (Wildman–Crippen LogP) is 3.93. The summed E-state index contributed by atoms with van der Waals surface area (Å²) >= 11 is 0. The number of hydrogen-bond acceptors (Lipinski definition) is 5.